The van der Waals surface area contributed by atoms with E-state index in [2.05, 4.69) is 5.32 Å². The van der Waals surface area contributed by atoms with Gasteiger partial charge in [0, 0.05) is 28.9 Å². The lowest BCUT2D eigenvalue weighted by Gasteiger charge is -2.41. The van der Waals surface area contributed by atoms with Crippen molar-refractivity contribution in [3.8, 4) is 0 Å². The highest BCUT2D eigenvalue weighted by atomic mass is 35.5. The van der Waals surface area contributed by atoms with Crippen molar-refractivity contribution < 1.29 is 47.0 Å². The summed E-state index contributed by atoms with van der Waals surface area (Å²) in [5.41, 5.74) is -3.32. The van der Waals surface area contributed by atoms with Crippen LogP contribution in [0.25, 0.3) is 0 Å². The monoisotopic (exact) mass is 426 g/mol. The van der Waals surface area contributed by atoms with Gasteiger partial charge in [0.05, 0.1) is 0 Å². The minimum atomic E-state index is -3.59. The highest BCUT2D eigenvalue weighted by Gasteiger charge is 2.48. The number of nitrogens with one attached hydrogen (secondary N) is 1. The highest BCUT2D eigenvalue weighted by molar-refractivity contribution is 6.30. The molecule has 0 unspecified atom stereocenters. The van der Waals surface area contributed by atoms with Crippen LogP contribution in [-0.4, -0.2) is 68.7 Å². The van der Waals surface area contributed by atoms with Crippen LogP contribution in [0.2, 0.25) is 5.02 Å². The lowest BCUT2D eigenvalue weighted by atomic mass is 9.97. The summed E-state index contributed by atoms with van der Waals surface area (Å²) < 4.78 is 81.3. The topological polar surface area (TPSA) is 128 Å². The fraction of sp³-hybridized carbons (Fsp3) is 0.632. The van der Waals surface area contributed by atoms with Crippen molar-refractivity contribution in [3.05, 3.63) is 34.9 Å². The first-order valence-electron chi connectivity index (χ1n) is 12.8. The van der Waals surface area contributed by atoms with Crippen molar-refractivity contribution in [2.75, 3.05) is 0 Å². The SMILES string of the molecule is [2H]C([2H])([2H])C(N[C@H](C)[C@@H](O[C@@H]1O[C@H](C(=O)O)[C@@H](O)[C@H](O)[C@H]1O)c1cccc(Cl)c1)(C([2H])([2H])[2H])C([2H])([2H])[2H]. The van der Waals surface area contributed by atoms with E-state index in [1.54, 1.807) is 0 Å². The second kappa shape index (κ2) is 9.04. The number of hydrogen-bond donors (Lipinski definition) is 5. The molecule has 7 atom stereocenters. The van der Waals surface area contributed by atoms with Gasteiger partial charge in [-0.05, 0) is 45.2 Å². The van der Waals surface area contributed by atoms with Crippen molar-refractivity contribution in [2.24, 2.45) is 0 Å². The largest absolute Gasteiger partial charge is 0.479 e. The van der Waals surface area contributed by atoms with Crippen molar-refractivity contribution in [2.45, 2.75) is 75.9 Å². The Hall–Kier alpha value is -1.26. The third-order valence-electron chi connectivity index (χ3n) is 4.17. The summed E-state index contributed by atoms with van der Waals surface area (Å²) in [6, 6.07) is 4.17. The molecule has 1 aromatic rings. The maximum atomic E-state index is 11.5. The van der Waals surface area contributed by atoms with E-state index in [1.165, 1.54) is 31.2 Å². The molecule has 0 bridgehead atoms. The summed E-state index contributed by atoms with van der Waals surface area (Å²) in [6.07, 6.45) is -11.5. The standard InChI is InChI=1S/C19H28ClNO7/c1-9(21-19(2,3)4)15(10-6-5-7-11(20)8-10)27-18-14(24)12(22)13(23)16(28-18)17(25)26/h5-9,12-16,18,21-24H,1-4H3,(H,25,26)/t9-,12+,13+,14-,15-,16+,18-/m1/s1/i2D3,3D3,4D3. The van der Waals surface area contributed by atoms with Gasteiger partial charge in [-0.2, -0.15) is 0 Å². The van der Waals surface area contributed by atoms with Gasteiger partial charge in [-0.3, -0.25) is 0 Å². The van der Waals surface area contributed by atoms with Crippen LogP contribution in [0.5, 0.6) is 0 Å². The van der Waals surface area contributed by atoms with Crippen molar-refractivity contribution in [1.29, 1.82) is 0 Å². The molecule has 158 valence electrons. The Bertz CT molecular complexity index is 923. The predicted molar refractivity (Wildman–Crippen MR) is 102 cm³/mol. The molecule has 0 amide bonds. The van der Waals surface area contributed by atoms with E-state index in [1.807, 2.05) is 0 Å². The van der Waals surface area contributed by atoms with Gasteiger partial charge in [-0.25, -0.2) is 4.79 Å². The first-order valence-corrected chi connectivity index (χ1v) is 8.64. The average Bonchev–Trinajstić information content (AvgIpc) is 2.72. The lowest BCUT2D eigenvalue weighted by Crippen LogP contribution is -2.61. The zero-order chi connectivity index (χ0) is 28.7. The molecule has 8 nitrogen and oxygen atoms in total. The number of aliphatic hydroxyl groups is 3. The van der Waals surface area contributed by atoms with Gasteiger partial charge in [-0.1, -0.05) is 23.7 Å². The molecule has 1 aliphatic rings. The number of ether oxygens (including phenoxy) is 2. The number of hydrogen-bond acceptors (Lipinski definition) is 7. The molecule has 0 spiro atoms. The van der Waals surface area contributed by atoms with E-state index in [4.69, 9.17) is 33.4 Å². The zero-order valence-electron chi connectivity index (χ0n) is 23.7. The van der Waals surface area contributed by atoms with Crippen LogP contribution in [0, 0.1) is 0 Å². The molecule has 1 aromatic carbocycles. The van der Waals surface area contributed by atoms with Crippen molar-refractivity contribution in [1.82, 2.24) is 5.32 Å². The van der Waals surface area contributed by atoms with Crippen LogP contribution in [0.3, 0.4) is 0 Å². The number of carboxylic acid groups (broad SMARTS) is 1. The molecular formula is C19H28ClNO7. The van der Waals surface area contributed by atoms with E-state index >= 15 is 0 Å². The minimum absolute atomic E-state index is 0.131. The van der Waals surface area contributed by atoms with Crippen LogP contribution in [0.15, 0.2) is 24.3 Å². The minimum Gasteiger partial charge on any atom is -0.479 e. The number of rotatable bonds is 6. The van der Waals surface area contributed by atoms with Crippen LogP contribution < -0.4 is 5.32 Å². The predicted octanol–water partition coefficient (Wildman–Crippen LogP) is 1.07. The molecule has 0 aliphatic carbocycles. The summed E-state index contributed by atoms with van der Waals surface area (Å²) in [6.45, 7) is -9.57. The van der Waals surface area contributed by atoms with E-state index < -0.39 is 74.9 Å². The average molecular weight is 427 g/mol. The normalized spacial score (nSPS) is 36.8. The Morgan fingerprint density at radius 1 is 1.29 bits per heavy atom. The molecule has 0 radical (unpaired) electrons. The number of benzene rings is 1. The van der Waals surface area contributed by atoms with Crippen LogP contribution >= 0.6 is 11.6 Å². The Balaban J connectivity index is 2.59. The zero-order valence-corrected chi connectivity index (χ0v) is 15.5. The van der Waals surface area contributed by atoms with E-state index in [-0.39, 0.29) is 10.6 Å². The fourth-order valence-corrected chi connectivity index (χ4v) is 3.09. The molecule has 1 aliphatic heterocycles. The van der Waals surface area contributed by atoms with Gasteiger partial charge in [-0.15, -0.1) is 0 Å². The Labute approximate surface area is 181 Å². The quantitative estimate of drug-likeness (QED) is 0.457. The third kappa shape index (κ3) is 5.64. The smallest absolute Gasteiger partial charge is 0.335 e. The summed E-state index contributed by atoms with van der Waals surface area (Å²) in [7, 11) is 0. The van der Waals surface area contributed by atoms with Gasteiger partial charge in [0.15, 0.2) is 12.4 Å². The second-order valence-electron chi connectivity index (χ2n) is 6.53. The first-order chi connectivity index (χ1) is 16.7. The number of carboxylic acids is 1. The summed E-state index contributed by atoms with van der Waals surface area (Å²) in [4.78, 5) is 11.5. The Kier molecular flexibility index (Phi) is 4.24. The van der Waals surface area contributed by atoms with Gasteiger partial charge < -0.3 is 35.2 Å². The highest BCUT2D eigenvalue weighted by Crippen LogP contribution is 2.31. The molecule has 28 heavy (non-hydrogen) atoms. The molecule has 2 rings (SSSR count). The second-order valence-corrected chi connectivity index (χ2v) is 6.97. The third-order valence-corrected chi connectivity index (χ3v) is 4.40. The molecular weight excluding hydrogens is 390 g/mol. The molecule has 0 aromatic heterocycles. The van der Waals surface area contributed by atoms with Crippen LogP contribution in [-0.2, 0) is 14.3 Å². The molecule has 0 saturated carbocycles. The maximum absolute atomic E-state index is 11.5. The Morgan fingerprint density at radius 2 is 1.96 bits per heavy atom. The van der Waals surface area contributed by atoms with Gasteiger partial charge >= 0.3 is 5.97 Å². The fourth-order valence-electron chi connectivity index (χ4n) is 2.89. The lowest BCUT2D eigenvalue weighted by molar-refractivity contribution is -0.307. The molecule has 1 heterocycles. The molecule has 1 saturated heterocycles. The molecule has 1 fully saturated rings. The van der Waals surface area contributed by atoms with Crippen molar-refractivity contribution >= 4 is 17.6 Å². The summed E-state index contributed by atoms with van der Waals surface area (Å²) in [5.74, 6) is -1.69. The Morgan fingerprint density at radius 3 is 2.54 bits per heavy atom. The van der Waals surface area contributed by atoms with Gasteiger partial charge in [0.2, 0.25) is 0 Å². The first kappa shape index (κ1) is 13.1. The van der Waals surface area contributed by atoms with Gasteiger partial charge in [0.25, 0.3) is 0 Å². The maximum Gasteiger partial charge on any atom is 0.335 e. The van der Waals surface area contributed by atoms with Crippen LogP contribution in [0.1, 0.15) is 51.5 Å². The summed E-state index contributed by atoms with van der Waals surface area (Å²) in [5, 5.41) is 42.1. The molecule has 5 N–H and O–H groups in total. The summed E-state index contributed by atoms with van der Waals surface area (Å²) >= 11 is 6.05. The van der Waals surface area contributed by atoms with Gasteiger partial charge in [0.1, 0.15) is 24.4 Å². The number of aliphatic carboxylic acids is 1. The van der Waals surface area contributed by atoms with E-state index in [0.717, 1.165) is 0 Å². The van der Waals surface area contributed by atoms with Crippen molar-refractivity contribution in [3.63, 3.8) is 0 Å². The molecule has 9 heteroatoms. The number of carbonyl (C=O) groups is 1. The number of halogens is 1. The number of aliphatic hydroxyl groups excluding tert-OH is 3. The van der Waals surface area contributed by atoms with E-state index in [9.17, 15) is 25.2 Å². The van der Waals surface area contributed by atoms with Crippen LogP contribution in [0.4, 0.5) is 0 Å². The van der Waals surface area contributed by atoms with E-state index in [0.29, 0.717) is 0 Å².